The van der Waals surface area contributed by atoms with Gasteiger partial charge in [0.15, 0.2) is 0 Å². The third-order valence-electron chi connectivity index (χ3n) is 14.3. The smallest absolute Gasteiger partial charge is 0.305 e. The summed E-state index contributed by atoms with van der Waals surface area (Å²) in [5.41, 5.74) is 8.67. The van der Waals surface area contributed by atoms with Gasteiger partial charge in [0, 0.05) is 62.2 Å². The Hall–Kier alpha value is -6.18. The van der Waals surface area contributed by atoms with Gasteiger partial charge in [0.25, 0.3) is 0 Å². The molecule has 10 rings (SSSR count). The van der Waals surface area contributed by atoms with Gasteiger partial charge in [-0.2, -0.15) is 0 Å². The van der Waals surface area contributed by atoms with Crippen molar-refractivity contribution >= 4 is 35.4 Å². The molecule has 0 spiro atoms. The molecule has 0 aliphatic carbocycles. The van der Waals surface area contributed by atoms with E-state index in [0.29, 0.717) is 26.3 Å². The maximum Gasteiger partial charge on any atom is 0.305 e. The number of nitrogens with one attached hydrogen (secondary N) is 2. The molecular weight excluding hydrogens is 837 g/mol. The molecule has 6 aliphatic rings. The molecule has 8 heterocycles. The van der Waals surface area contributed by atoms with Crippen LogP contribution in [0.3, 0.4) is 0 Å². The van der Waals surface area contributed by atoms with Crippen LogP contribution in [-0.4, -0.2) is 93.1 Å². The van der Waals surface area contributed by atoms with Gasteiger partial charge < -0.3 is 40.1 Å². The van der Waals surface area contributed by atoms with Crippen LogP contribution in [0.1, 0.15) is 121 Å². The number of aryl methyl sites for hydroxylation is 4. The number of carbonyl (C=O) groups is 4. The van der Waals surface area contributed by atoms with Gasteiger partial charge in [-0.3, -0.25) is 19.2 Å². The van der Waals surface area contributed by atoms with Crippen molar-refractivity contribution in [3.63, 3.8) is 0 Å². The molecule has 14 nitrogen and oxygen atoms in total. The second kappa shape index (κ2) is 20.6. The van der Waals surface area contributed by atoms with Crippen molar-refractivity contribution in [3.8, 4) is 11.5 Å². The number of benzene rings is 2. The first-order chi connectivity index (χ1) is 32.2. The lowest BCUT2D eigenvalue weighted by Crippen LogP contribution is -2.33. The monoisotopic (exact) mass is 898 g/mol. The minimum absolute atomic E-state index is 0.0530. The highest BCUT2D eigenvalue weighted by molar-refractivity contribution is 5.83. The van der Waals surface area contributed by atoms with E-state index >= 15 is 0 Å². The molecule has 2 aromatic carbocycles. The summed E-state index contributed by atoms with van der Waals surface area (Å²) in [5.74, 6) is 1.90. The number of ether oxygens (including phenoxy) is 2. The van der Waals surface area contributed by atoms with E-state index in [1.807, 2.05) is 36.4 Å². The van der Waals surface area contributed by atoms with E-state index in [9.17, 15) is 29.4 Å². The third-order valence-corrected chi connectivity index (χ3v) is 14.3. The summed E-state index contributed by atoms with van der Waals surface area (Å²) in [5, 5.41) is 25.8. The normalized spacial score (nSPS) is 20.1. The van der Waals surface area contributed by atoms with Crippen molar-refractivity contribution in [2.45, 2.75) is 115 Å². The summed E-state index contributed by atoms with van der Waals surface area (Å²) in [4.78, 5) is 62.8. The molecule has 2 amide bonds. The predicted molar refractivity (Wildman–Crippen MR) is 249 cm³/mol. The van der Waals surface area contributed by atoms with Crippen LogP contribution in [0.25, 0.3) is 0 Å². The number of aromatic nitrogens is 2. The van der Waals surface area contributed by atoms with Gasteiger partial charge in [0.05, 0.1) is 38.1 Å². The number of carbonyl (C=O) groups excluding carboxylic acids is 2. The van der Waals surface area contributed by atoms with Crippen LogP contribution >= 0.6 is 0 Å². The molecular formula is C52H62N6O8. The predicted octanol–water partition coefficient (Wildman–Crippen LogP) is 7.52. The molecule has 2 aromatic heterocycles. The number of aliphatic carboxylic acids is 2. The highest BCUT2D eigenvalue weighted by Crippen LogP contribution is 2.39. The van der Waals surface area contributed by atoms with Crippen LogP contribution in [0, 0.1) is 11.8 Å². The summed E-state index contributed by atoms with van der Waals surface area (Å²) < 4.78 is 11.3. The van der Waals surface area contributed by atoms with E-state index in [1.54, 1.807) is 9.80 Å². The van der Waals surface area contributed by atoms with Crippen LogP contribution < -0.4 is 20.1 Å². The van der Waals surface area contributed by atoms with Crippen molar-refractivity contribution in [1.29, 1.82) is 0 Å². The van der Waals surface area contributed by atoms with Crippen LogP contribution in [0.15, 0.2) is 60.7 Å². The minimum Gasteiger partial charge on any atom is -0.493 e. The molecule has 4 aromatic rings. The van der Waals surface area contributed by atoms with Gasteiger partial charge in [0.2, 0.25) is 11.8 Å². The minimum atomic E-state index is -0.898. The molecule has 2 saturated heterocycles. The number of nitrogens with zero attached hydrogens (tertiary/aromatic N) is 4. The average Bonchev–Trinajstić information content (AvgIpc) is 4.15. The zero-order valence-corrected chi connectivity index (χ0v) is 37.8. The Morgan fingerprint density at radius 2 is 1.06 bits per heavy atom. The summed E-state index contributed by atoms with van der Waals surface area (Å²) in [6.07, 6.45) is 12.6. The second-order valence-electron chi connectivity index (χ2n) is 18.7. The Balaban J connectivity index is 0.000000166. The SMILES string of the molecule is O=C(O)C[C@@H](c1ccc2c(c1)OCC2)N1CC[C@@H](CCCc2ccc3c(n2)NCCC3)C1=O.O=C(O)C[C@@H](c1ccc2c(c1)OCC2)N1CC[C@H](CCCc2ccc3c(n2)NCCC3)C1=O. The third kappa shape index (κ3) is 10.4. The van der Waals surface area contributed by atoms with E-state index in [1.165, 1.54) is 11.1 Å². The zero-order chi connectivity index (χ0) is 45.6. The number of likely N-dealkylation sites (tertiary alicyclic amines) is 2. The lowest BCUT2D eigenvalue weighted by Gasteiger charge is -2.28. The first-order valence-corrected chi connectivity index (χ1v) is 24.2. The Kier molecular flexibility index (Phi) is 14.0. The van der Waals surface area contributed by atoms with Crippen LogP contribution in [0.2, 0.25) is 0 Å². The van der Waals surface area contributed by atoms with Gasteiger partial charge in [0.1, 0.15) is 23.1 Å². The van der Waals surface area contributed by atoms with Gasteiger partial charge in [-0.15, -0.1) is 0 Å². The van der Waals surface area contributed by atoms with E-state index in [2.05, 4.69) is 34.9 Å². The maximum absolute atomic E-state index is 13.2. The number of rotatable bonds is 16. The topological polar surface area (TPSA) is 184 Å². The molecule has 348 valence electrons. The maximum atomic E-state index is 13.2. The lowest BCUT2D eigenvalue weighted by molar-refractivity contribution is -0.142. The quantitative estimate of drug-likeness (QED) is 0.0869. The Morgan fingerprint density at radius 1 is 0.621 bits per heavy atom. The van der Waals surface area contributed by atoms with E-state index in [4.69, 9.17) is 19.4 Å². The first-order valence-electron chi connectivity index (χ1n) is 24.2. The number of fused-ring (bicyclic) bond motifs is 4. The molecule has 4 N–H and O–H groups in total. The van der Waals surface area contributed by atoms with Crippen LogP contribution in [0.5, 0.6) is 11.5 Å². The molecule has 4 atom stereocenters. The van der Waals surface area contributed by atoms with Gasteiger partial charge in [-0.25, -0.2) is 9.97 Å². The number of hydrogen-bond acceptors (Lipinski definition) is 10. The van der Waals surface area contributed by atoms with Crippen molar-refractivity contribution in [2.75, 3.05) is 50.0 Å². The molecule has 66 heavy (non-hydrogen) atoms. The van der Waals surface area contributed by atoms with E-state index in [-0.39, 0.29) is 36.5 Å². The van der Waals surface area contributed by atoms with E-state index < -0.39 is 24.0 Å². The Morgan fingerprint density at radius 3 is 1.50 bits per heavy atom. The molecule has 0 bridgehead atoms. The van der Waals surface area contributed by atoms with Gasteiger partial charge in [-0.05, 0) is 135 Å². The largest absolute Gasteiger partial charge is 0.493 e. The van der Waals surface area contributed by atoms with Gasteiger partial charge in [-0.1, -0.05) is 36.4 Å². The van der Waals surface area contributed by atoms with Crippen molar-refractivity contribution in [2.24, 2.45) is 11.8 Å². The number of pyridine rings is 2. The Labute approximate surface area is 386 Å². The highest BCUT2D eigenvalue weighted by Gasteiger charge is 2.39. The van der Waals surface area contributed by atoms with Crippen LogP contribution in [-0.2, 0) is 57.7 Å². The summed E-state index contributed by atoms with van der Waals surface area (Å²) >= 11 is 0. The number of hydrogen-bond donors (Lipinski definition) is 4. The van der Waals surface area contributed by atoms with Crippen molar-refractivity contribution < 1.29 is 38.9 Å². The fourth-order valence-corrected chi connectivity index (χ4v) is 10.7. The molecule has 14 heteroatoms. The second-order valence-corrected chi connectivity index (χ2v) is 18.7. The van der Waals surface area contributed by atoms with Crippen molar-refractivity contribution in [1.82, 2.24) is 19.8 Å². The number of amides is 2. The zero-order valence-electron chi connectivity index (χ0n) is 37.8. The van der Waals surface area contributed by atoms with E-state index in [0.717, 1.165) is 160 Å². The lowest BCUT2D eigenvalue weighted by atomic mass is 9.98. The molecule has 2 fully saturated rings. The fraction of sp³-hybridized carbons (Fsp3) is 0.500. The number of carboxylic acid groups (broad SMARTS) is 2. The number of anilines is 2. The molecule has 0 unspecified atom stereocenters. The Bertz CT molecular complexity index is 2270. The fourth-order valence-electron chi connectivity index (χ4n) is 10.7. The molecule has 6 aliphatic heterocycles. The summed E-state index contributed by atoms with van der Waals surface area (Å²) in [6, 6.07) is 19.4. The van der Waals surface area contributed by atoms with Crippen LogP contribution in [0.4, 0.5) is 11.6 Å². The highest BCUT2D eigenvalue weighted by atomic mass is 16.5. The first kappa shape index (κ1) is 45.0. The molecule has 0 radical (unpaired) electrons. The number of carboxylic acids is 2. The van der Waals surface area contributed by atoms with Crippen molar-refractivity contribution in [3.05, 3.63) is 105 Å². The standard InChI is InChI=1S/2C26H31N3O4/c2*30-24(31)16-22(20-7-6-17-11-14-33-23(17)15-20)29-13-10-19(26(29)32)3-1-5-21-9-8-18-4-2-12-27-25(18)28-21/h2*6-9,15,19,22H,1-5,10-14,16H2,(H,27,28)(H,30,31)/t19-,22+;19-,22-/m10/s1. The summed E-state index contributed by atoms with van der Waals surface area (Å²) in [7, 11) is 0. The molecule has 0 saturated carbocycles. The van der Waals surface area contributed by atoms with Gasteiger partial charge >= 0.3 is 11.9 Å². The summed E-state index contributed by atoms with van der Waals surface area (Å²) in [6.45, 7) is 4.46. The average molecular weight is 899 g/mol.